The van der Waals surface area contributed by atoms with Gasteiger partial charge in [-0.05, 0) is 0 Å². The van der Waals surface area contributed by atoms with Crippen LogP contribution in [0.2, 0.25) is 0 Å². The molecule has 0 aromatic carbocycles. The summed E-state index contributed by atoms with van der Waals surface area (Å²) in [5.41, 5.74) is 0. The molecule has 16 heavy (non-hydrogen) atoms. The second-order valence-electron chi connectivity index (χ2n) is 2.65. The zero-order chi connectivity index (χ0) is 10.6. The van der Waals surface area contributed by atoms with Crippen LogP contribution in [-0.4, -0.2) is 58.7 Å². The van der Waals surface area contributed by atoms with Gasteiger partial charge in [0.05, 0.1) is 19.6 Å². The Kier molecular flexibility index (Phi) is 11.2. The van der Waals surface area contributed by atoms with Crippen LogP contribution < -0.4 is 0 Å². The van der Waals surface area contributed by atoms with Crippen LogP contribution in [0.1, 0.15) is 0 Å². The van der Waals surface area contributed by atoms with Crippen LogP contribution in [0.3, 0.4) is 0 Å². The molecule has 0 aliphatic carbocycles. The predicted octanol–water partition coefficient (Wildman–Crippen LogP) is 0.132. The van der Waals surface area contributed by atoms with Gasteiger partial charge in [0.1, 0.15) is 19.8 Å². The molecule has 0 saturated carbocycles. The Morgan fingerprint density at radius 2 is 0.938 bits per heavy atom. The Balaban J connectivity index is 0.000000205. The van der Waals surface area contributed by atoms with Gasteiger partial charge in [0.15, 0.2) is 19.2 Å². The molecule has 0 fully saturated rings. The van der Waals surface area contributed by atoms with Crippen molar-refractivity contribution in [2.24, 2.45) is 15.0 Å². The van der Waals surface area contributed by atoms with Crippen LogP contribution in [0.25, 0.3) is 0 Å². The number of ether oxygens (including phenoxy) is 3. The van der Waals surface area contributed by atoms with Gasteiger partial charge in [0.25, 0.3) is 0 Å². The van der Waals surface area contributed by atoms with Gasteiger partial charge in [0.2, 0.25) is 0 Å². The Bertz CT molecular complexity index is 178. The van der Waals surface area contributed by atoms with E-state index in [0.29, 0.717) is 0 Å². The molecular formula is C9H15CuN3O3. The van der Waals surface area contributed by atoms with Crippen molar-refractivity contribution in [3.05, 3.63) is 0 Å². The molecule has 0 aromatic rings. The van der Waals surface area contributed by atoms with E-state index in [1.54, 1.807) is 0 Å². The van der Waals surface area contributed by atoms with Crippen molar-refractivity contribution >= 4 is 19.2 Å². The first-order chi connectivity index (χ1) is 7.50. The third-order valence-electron chi connectivity index (χ3n) is 1.46. The minimum Gasteiger partial charge on any atom is -0.482 e. The maximum absolute atomic E-state index is 4.65. The number of hydrogen-bond donors (Lipinski definition) is 0. The largest absolute Gasteiger partial charge is 0.482 e. The summed E-state index contributed by atoms with van der Waals surface area (Å²) in [7, 11) is 0. The Morgan fingerprint density at radius 1 is 0.625 bits per heavy atom. The zero-order valence-corrected chi connectivity index (χ0v) is 9.78. The van der Waals surface area contributed by atoms with Crippen LogP contribution in [0.4, 0.5) is 0 Å². The van der Waals surface area contributed by atoms with Gasteiger partial charge < -0.3 is 14.2 Å². The second-order valence-corrected chi connectivity index (χ2v) is 2.65. The van der Waals surface area contributed by atoms with E-state index in [9.17, 15) is 0 Å². The molecular weight excluding hydrogens is 262 g/mol. The predicted molar refractivity (Wildman–Crippen MR) is 57.9 cm³/mol. The molecule has 1 radical (unpaired) electrons. The van der Waals surface area contributed by atoms with Crippen molar-refractivity contribution in [2.75, 3.05) is 39.5 Å². The molecule has 0 saturated heterocycles. The van der Waals surface area contributed by atoms with Gasteiger partial charge in [-0.15, -0.1) is 0 Å². The smallest absolute Gasteiger partial charge is 0.169 e. The molecule has 0 bridgehead atoms. The molecule has 0 N–H and O–H groups in total. The molecule has 3 aliphatic rings. The van der Waals surface area contributed by atoms with Crippen LogP contribution in [-0.2, 0) is 31.3 Å². The fourth-order valence-corrected chi connectivity index (χ4v) is 0.791. The summed E-state index contributed by atoms with van der Waals surface area (Å²) in [5, 5.41) is 0. The van der Waals surface area contributed by atoms with E-state index in [0.717, 1.165) is 39.5 Å². The standard InChI is InChI=1S/3C3H5NO.Cu/c3*1-2-5-3-4-1;/h3*3H,1-2H2;. The van der Waals surface area contributed by atoms with Crippen molar-refractivity contribution in [1.82, 2.24) is 0 Å². The van der Waals surface area contributed by atoms with Crippen LogP contribution in [0, 0.1) is 0 Å². The summed E-state index contributed by atoms with van der Waals surface area (Å²) in [6.07, 6.45) is 4.46. The molecule has 0 spiro atoms. The van der Waals surface area contributed by atoms with E-state index < -0.39 is 0 Å². The summed E-state index contributed by atoms with van der Waals surface area (Å²) in [6, 6.07) is 0. The average molecular weight is 277 g/mol. The summed E-state index contributed by atoms with van der Waals surface area (Å²) in [4.78, 5) is 11.2. The van der Waals surface area contributed by atoms with Gasteiger partial charge in [-0.1, -0.05) is 0 Å². The minimum atomic E-state index is 0. The molecule has 6 nitrogen and oxygen atoms in total. The summed E-state index contributed by atoms with van der Waals surface area (Å²) < 4.78 is 14.0. The van der Waals surface area contributed by atoms with E-state index in [2.05, 4.69) is 29.2 Å². The first-order valence-corrected chi connectivity index (χ1v) is 4.80. The van der Waals surface area contributed by atoms with E-state index in [4.69, 9.17) is 0 Å². The van der Waals surface area contributed by atoms with Crippen molar-refractivity contribution in [3.8, 4) is 0 Å². The second kappa shape index (κ2) is 12.0. The van der Waals surface area contributed by atoms with E-state index in [1.807, 2.05) is 0 Å². The molecule has 3 aliphatic heterocycles. The topological polar surface area (TPSA) is 64.8 Å². The summed E-state index contributed by atoms with van der Waals surface area (Å²) >= 11 is 0. The molecule has 0 amide bonds. The van der Waals surface area contributed by atoms with E-state index >= 15 is 0 Å². The normalized spacial score (nSPS) is 18.0. The van der Waals surface area contributed by atoms with E-state index in [-0.39, 0.29) is 17.1 Å². The van der Waals surface area contributed by atoms with Crippen molar-refractivity contribution in [1.29, 1.82) is 0 Å². The van der Waals surface area contributed by atoms with Crippen LogP contribution in [0.5, 0.6) is 0 Å². The van der Waals surface area contributed by atoms with Crippen molar-refractivity contribution in [2.45, 2.75) is 0 Å². The zero-order valence-electron chi connectivity index (χ0n) is 8.84. The Labute approximate surface area is 105 Å². The van der Waals surface area contributed by atoms with Crippen LogP contribution in [0.15, 0.2) is 15.0 Å². The fraction of sp³-hybridized carbons (Fsp3) is 0.667. The number of rotatable bonds is 0. The van der Waals surface area contributed by atoms with Crippen LogP contribution >= 0.6 is 0 Å². The minimum absolute atomic E-state index is 0. The Morgan fingerprint density at radius 3 is 1.00 bits per heavy atom. The summed E-state index contributed by atoms with van der Waals surface area (Å²) in [6.45, 7) is 4.88. The third kappa shape index (κ3) is 9.48. The molecule has 0 atom stereocenters. The number of hydrogen-bond acceptors (Lipinski definition) is 6. The SMILES string of the molecule is C1=NCCO1.C1=NCCO1.C1=NCCO1.[Cu]. The monoisotopic (exact) mass is 276 g/mol. The molecule has 0 aromatic heterocycles. The fourth-order valence-electron chi connectivity index (χ4n) is 0.791. The van der Waals surface area contributed by atoms with E-state index in [1.165, 1.54) is 19.2 Å². The molecule has 7 heteroatoms. The molecule has 3 rings (SSSR count). The number of aliphatic imine (C=N–C) groups is 3. The van der Waals surface area contributed by atoms with Crippen molar-refractivity contribution in [3.63, 3.8) is 0 Å². The quantitative estimate of drug-likeness (QED) is 0.591. The van der Waals surface area contributed by atoms with Gasteiger partial charge >= 0.3 is 0 Å². The maximum Gasteiger partial charge on any atom is 0.169 e. The van der Waals surface area contributed by atoms with Gasteiger partial charge in [-0.2, -0.15) is 0 Å². The Hall–Kier alpha value is -1.07. The maximum atomic E-state index is 4.65. The van der Waals surface area contributed by atoms with Gasteiger partial charge in [0, 0.05) is 17.1 Å². The van der Waals surface area contributed by atoms with Gasteiger partial charge in [-0.3, -0.25) is 15.0 Å². The molecule has 0 unspecified atom stereocenters. The average Bonchev–Trinajstić information content (AvgIpc) is 3.09. The first-order valence-electron chi connectivity index (χ1n) is 4.80. The molecule has 95 valence electrons. The summed E-state index contributed by atoms with van der Waals surface area (Å²) in [5.74, 6) is 0. The molecule has 3 heterocycles. The van der Waals surface area contributed by atoms with Gasteiger partial charge in [-0.25, -0.2) is 0 Å². The van der Waals surface area contributed by atoms with Crippen molar-refractivity contribution < 1.29 is 31.3 Å². The third-order valence-corrected chi connectivity index (χ3v) is 1.46. The number of nitrogens with zero attached hydrogens (tertiary/aromatic N) is 3. The first kappa shape index (κ1) is 14.9.